The Bertz CT molecular complexity index is 1510. The molecular weight excluding hydrogens is 467 g/mol. The van der Waals surface area contributed by atoms with Gasteiger partial charge in [0.05, 0.1) is 36.8 Å². The summed E-state index contributed by atoms with van der Waals surface area (Å²) in [6, 6.07) is 11.1. The minimum absolute atomic E-state index is 0.229. The Labute approximate surface area is 205 Å². The fraction of sp³-hybridized carbons (Fsp3) is 0.240. The molecule has 1 fully saturated rings. The molecule has 35 heavy (non-hydrogen) atoms. The zero-order valence-corrected chi connectivity index (χ0v) is 19.4. The predicted octanol–water partition coefficient (Wildman–Crippen LogP) is 3.66. The van der Waals surface area contributed by atoms with Crippen molar-refractivity contribution in [3.8, 4) is 17.1 Å². The van der Waals surface area contributed by atoms with E-state index in [0.717, 1.165) is 40.3 Å². The Kier molecular flexibility index (Phi) is 4.64. The van der Waals surface area contributed by atoms with Gasteiger partial charge >= 0.3 is 0 Å². The first-order chi connectivity index (χ1) is 17.2. The van der Waals surface area contributed by atoms with Gasteiger partial charge in [-0.25, -0.2) is 9.37 Å². The third-order valence-corrected chi connectivity index (χ3v) is 7.12. The first-order valence-electron chi connectivity index (χ1n) is 11.5. The molecule has 0 spiro atoms. The van der Waals surface area contributed by atoms with Crippen LogP contribution in [0.5, 0.6) is 5.88 Å². The van der Waals surface area contributed by atoms with E-state index in [1.165, 1.54) is 12.1 Å². The van der Waals surface area contributed by atoms with Crippen LogP contribution < -0.4 is 20.3 Å². The fourth-order valence-corrected chi connectivity index (χ4v) is 5.40. The van der Waals surface area contributed by atoms with Gasteiger partial charge in [0.2, 0.25) is 5.88 Å². The molecule has 3 aliphatic rings. The van der Waals surface area contributed by atoms with Crippen molar-refractivity contribution in [3.05, 3.63) is 65.7 Å². The summed E-state index contributed by atoms with van der Waals surface area (Å²) < 4.78 is 27.1. The monoisotopic (exact) mass is 488 g/mol. The SMILES string of the molecule is Fc1ccn2c(-c3ccc(Nc4ccc5c(n4)OC[C@H]4COCCN54)c4c3CNC4=S)cnc2c1. The Balaban J connectivity index is 1.25. The van der Waals surface area contributed by atoms with Gasteiger partial charge in [0.1, 0.15) is 34.6 Å². The molecule has 7 rings (SSSR count). The van der Waals surface area contributed by atoms with E-state index in [-0.39, 0.29) is 11.9 Å². The van der Waals surface area contributed by atoms with Crippen LogP contribution in [0, 0.1) is 5.82 Å². The van der Waals surface area contributed by atoms with Crippen LogP contribution in [-0.4, -0.2) is 51.8 Å². The standard InChI is InChI=1S/C25H21FN6O2S/c26-14-5-6-32-20(11-27-22(32)9-14)16-1-2-18(23-17(16)10-28-25(23)35)29-21-4-3-19-24(30-21)34-13-15-12-33-8-7-31(15)19/h1-6,9,11,15H,7-8,10,12-13H2,(H,28,35)(H,29,30)/t15-/m1/s1. The topological polar surface area (TPSA) is 76.0 Å². The van der Waals surface area contributed by atoms with Crippen LogP contribution in [0.1, 0.15) is 11.1 Å². The summed E-state index contributed by atoms with van der Waals surface area (Å²) >= 11 is 5.65. The molecule has 0 saturated carbocycles. The largest absolute Gasteiger partial charge is 0.474 e. The van der Waals surface area contributed by atoms with E-state index in [0.29, 0.717) is 48.7 Å². The highest BCUT2D eigenvalue weighted by atomic mass is 32.1. The lowest BCUT2D eigenvalue weighted by atomic mass is 9.99. The Morgan fingerprint density at radius 2 is 2.11 bits per heavy atom. The van der Waals surface area contributed by atoms with Crippen LogP contribution >= 0.6 is 12.2 Å². The van der Waals surface area contributed by atoms with Crippen LogP contribution in [0.3, 0.4) is 0 Å². The van der Waals surface area contributed by atoms with Crippen molar-refractivity contribution in [2.24, 2.45) is 0 Å². The molecule has 4 aromatic rings. The molecule has 176 valence electrons. The number of imidazole rings is 1. The Morgan fingerprint density at radius 3 is 3.06 bits per heavy atom. The molecular formula is C25H21FN6O2S. The van der Waals surface area contributed by atoms with Crippen LogP contribution in [0.2, 0.25) is 0 Å². The number of halogens is 1. The summed E-state index contributed by atoms with van der Waals surface area (Å²) in [5.74, 6) is 0.999. The van der Waals surface area contributed by atoms with Gasteiger partial charge in [-0.3, -0.25) is 4.40 Å². The average Bonchev–Trinajstić information content (AvgIpc) is 3.48. The number of benzene rings is 1. The van der Waals surface area contributed by atoms with Crippen molar-refractivity contribution >= 4 is 40.0 Å². The van der Waals surface area contributed by atoms with Crippen molar-refractivity contribution in [1.82, 2.24) is 19.7 Å². The van der Waals surface area contributed by atoms with E-state index in [2.05, 4.69) is 20.5 Å². The first kappa shape index (κ1) is 20.6. The number of hydrogen-bond donors (Lipinski definition) is 2. The summed E-state index contributed by atoms with van der Waals surface area (Å²) in [4.78, 5) is 12.1. The van der Waals surface area contributed by atoms with Gasteiger partial charge in [0, 0.05) is 36.5 Å². The highest BCUT2D eigenvalue weighted by Gasteiger charge is 2.31. The zero-order chi connectivity index (χ0) is 23.5. The molecule has 0 bridgehead atoms. The number of morpholine rings is 1. The Hall–Kier alpha value is -3.76. The smallest absolute Gasteiger partial charge is 0.239 e. The van der Waals surface area contributed by atoms with E-state index in [1.54, 1.807) is 12.4 Å². The van der Waals surface area contributed by atoms with Crippen LogP contribution in [0.15, 0.2) is 48.8 Å². The zero-order valence-electron chi connectivity index (χ0n) is 18.6. The van der Waals surface area contributed by atoms with Gasteiger partial charge < -0.3 is 25.0 Å². The lowest BCUT2D eigenvalue weighted by molar-refractivity contribution is 0.0693. The molecule has 2 N–H and O–H groups in total. The quantitative estimate of drug-likeness (QED) is 0.424. The number of thiocarbonyl (C=S) groups is 1. The van der Waals surface area contributed by atoms with Crippen LogP contribution in [-0.2, 0) is 11.3 Å². The average molecular weight is 489 g/mol. The number of fused-ring (bicyclic) bond motifs is 5. The van der Waals surface area contributed by atoms with Crippen LogP contribution in [0.25, 0.3) is 16.9 Å². The maximum absolute atomic E-state index is 13.7. The van der Waals surface area contributed by atoms with E-state index in [1.807, 2.05) is 28.7 Å². The molecule has 1 atom stereocenters. The molecule has 3 aromatic heterocycles. The molecule has 3 aliphatic heterocycles. The van der Waals surface area contributed by atoms with Crippen molar-refractivity contribution < 1.29 is 13.9 Å². The maximum Gasteiger partial charge on any atom is 0.239 e. The molecule has 8 nitrogen and oxygen atoms in total. The second-order valence-electron chi connectivity index (χ2n) is 8.79. The number of aromatic nitrogens is 3. The summed E-state index contributed by atoms with van der Waals surface area (Å²) in [6.07, 6.45) is 3.46. The molecule has 1 saturated heterocycles. The lowest BCUT2D eigenvalue weighted by Gasteiger charge is -2.40. The minimum Gasteiger partial charge on any atom is -0.474 e. The number of ether oxygens (including phenoxy) is 2. The number of nitrogens with zero attached hydrogens (tertiary/aromatic N) is 4. The number of anilines is 3. The maximum atomic E-state index is 13.7. The normalized spacial score (nSPS) is 18.5. The van der Waals surface area contributed by atoms with E-state index in [4.69, 9.17) is 26.7 Å². The van der Waals surface area contributed by atoms with Crippen molar-refractivity contribution in [3.63, 3.8) is 0 Å². The van der Waals surface area contributed by atoms with Gasteiger partial charge in [0.25, 0.3) is 0 Å². The summed E-state index contributed by atoms with van der Waals surface area (Å²) in [5.41, 5.74) is 6.31. The minimum atomic E-state index is -0.312. The van der Waals surface area contributed by atoms with E-state index in [9.17, 15) is 4.39 Å². The third kappa shape index (κ3) is 3.32. The predicted molar refractivity (Wildman–Crippen MR) is 134 cm³/mol. The second-order valence-corrected chi connectivity index (χ2v) is 9.20. The summed E-state index contributed by atoms with van der Waals surface area (Å²) in [5, 5.41) is 6.73. The molecule has 6 heterocycles. The number of hydrogen-bond acceptors (Lipinski definition) is 7. The van der Waals surface area contributed by atoms with Crippen molar-refractivity contribution in [2.45, 2.75) is 12.6 Å². The van der Waals surface area contributed by atoms with Crippen molar-refractivity contribution in [2.75, 3.05) is 36.6 Å². The van der Waals surface area contributed by atoms with E-state index >= 15 is 0 Å². The molecule has 10 heteroatoms. The number of pyridine rings is 2. The highest BCUT2D eigenvalue weighted by Crippen LogP contribution is 2.38. The van der Waals surface area contributed by atoms with Gasteiger partial charge in [-0.05, 0) is 29.8 Å². The number of rotatable bonds is 3. The second kappa shape index (κ2) is 7.89. The molecule has 0 aliphatic carbocycles. The highest BCUT2D eigenvalue weighted by molar-refractivity contribution is 7.80. The van der Waals surface area contributed by atoms with E-state index < -0.39 is 0 Å². The molecule has 0 amide bonds. The first-order valence-corrected chi connectivity index (χ1v) is 11.9. The summed E-state index contributed by atoms with van der Waals surface area (Å²) in [6.45, 7) is 3.38. The third-order valence-electron chi connectivity index (χ3n) is 6.77. The van der Waals surface area contributed by atoms with Gasteiger partial charge in [0.15, 0.2) is 0 Å². The molecule has 1 aromatic carbocycles. The van der Waals surface area contributed by atoms with Crippen LogP contribution in [0.4, 0.5) is 21.6 Å². The van der Waals surface area contributed by atoms with Gasteiger partial charge in [-0.2, -0.15) is 4.98 Å². The summed E-state index contributed by atoms with van der Waals surface area (Å²) in [7, 11) is 0. The Morgan fingerprint density at radius 1 is 1.17 bits per heavy atom. The number of nitrogens with one attached hydrogen (secondary N) is 2. The molecule has 0 unspecified atom stereocenters. The molecule has 0 radical (unpaired) electrons. The fourth-order valence-electron chi connectivity index (χ4n) is 5.10. The van der Waals surface area contributed by atoms with Gasteiger partial charge in [-0.1, -0.05) is 18.3 Å². The lowest BCUT2D eigenvalue weighted by Crippen LogP contribution is -2.51. The van der Waals surface area contributed by atoms with Crippen molar-refractivity contribution in [1.29, 1.82) is 0 Å². The van der Waals surface area contributed by atoms with Gasteiger partial charge in [-0.15, -0.1) is 0 Å².